The lowest BCUT2D eigenvalue weighted by atomic mass is 9.95. The van der Waals surface area contributed by atoms with Crippen LogP contribution in [0.1, 0.15) is 32.6 Å². The number of nitrogens with zero attached hydrogens (tertiary/aromatic N) is 1. The molecule has 0 aromatic carbocycles. The fourth-order valence-electron chi connectivity index (χ4n) is 3.99. The average Bonchev–Trinajstić information content (AvgIpc) is 3.01. The lowest BCUT2D eigenvalue weighted by molar-refractivity contribution is -0.123. The molecule has 0 aromatic rings. The van der Waals surface area contributed by atoms with E-state index in [1.807, 2.05) is 0 Å². The molecule has 3 aliphatic rings. The second-order valence-electron chi connectivity index (χ2n) is 6.30. The van der Waals surface area contributed by atoms with Crippen molar-refractivity contribution in [3.8, 4) is 0 Å². The molecular formula is C14H25N3O. The molecule has 3 unspecified atom stereocenters. The molecule has 3 atom stereocenters. The highest BCUT2D eigenvalue weighted by molar-refractivity contribution is 5.78. The van der Waals surface area contributed by atoms with E-state index < -0.39 is 0 Å². The van der Waals surface area contributed by atoms with Crippen LogP contribution in [0.25, 0.3) is 0 Å². The second kappa shape index (κ2) is 5.17. The van der Waals surface area contributed by atoms with Gasteiger partial charge < -0.3 is 10.6 Å². The maximum absolute atomic E-state index is 12.1. The molecule has 0 aromatic heterocycles. The molecule has 2 saturated heterocycles. The smallest absolute Gasteiger partial charge is 0.234 e. The average molecular weight is 251 g/mol. The summed E-state index contributed by atoms with van der Waals surface area (Å²) in [4.78, 5) is 14.4. The molecule has 3 rings (SSSR count). The minimum Gasteiger partial charge on any atom is -0.352 e. The Kier molecular flexibility index (Phi) is 3.57. The predicted molar refractivity (Wildman–Crippen MR) is 71.3 cm³/mol. The van der Waals surface area contributed by atoms with Crippen molar-refractivity contribution in [2.75, 3.05) is 26.2 Å². The van der Waals surface area contributed by atoms with Gasteiger partial charge in [-0.1, -0.05) is 12.8 Å². The monoisotopic (exact) mass is 251 g/mol. The molecule has 18 heavy (non-hydrogen) atoms. The first-order valence-corrected chi connectivity index (χ1v) is 7.48. The SMILES string of the molecule is CC1C2CNCC2CN1CC(=O)NC1CCCC1. The zero-order valence-corrected chi connectivity index (χ0v) is 11.3. The molecule has 0 bridgehead atoms. The van der Waals surface area contributed by atoms with Crippen LogP contribution in [0.2, 0.25) is 0 Å². The van der Waals surface area contributed by atoms with E-state index in [4.69, 9.17) is 0 Å². The van der Waals surface area contributed by atoms with Crippen LogP contribution >= 0.6 is 0 Å². The number of fused-ring (bicyclic) bond motifs is 1. The lowest BCUT2D eigenvalue weighted by Crippen LogP contribution is -2.43. The number of nitrogens with one attached hydrogen (secondary N) is 2. The van der Waals surface area contributed by atoms with Crippen molar-refractivity contribution in [3.63, 3.8) is 0 Å². The number of rotatable bonds is 3. The molecule has 1 amide bonds. The van der Waals surface area contributed by atoms with Crippen LogP contribution < -0.4 is 10.6 Å². The summed E-state index contributed by atoms with van der Waals surface area (Å²) in [5, 5.41) is 6.66. The molecular weight excluding hydrogens is 226 g/mol. The van der Waals surface area contributed by atoms with Crippen LogP contribution in [0.15, 0.2) is 0 Å². The number of carbonyl (C=O) groups excluding carboxylic acids is 1. The first-order valence-electron chi connectivity index (χ1n) is 7.48. The highest BCUT2D eigenvalue weighted by atomic mass is 16.2. The third-order valence-corrected chi connectivity index (χ3v) is 5.12. The van der Waals surface area contributed by atoms with Gasteiger partial charge in [-0.05, 0) is 44.7 Å². The van der Waals surface area contributed by atoms with Crippen molar-refractivity contribution in [1.82, 2.24) is 15.5 Å². The van der Waals surface area contributed by atoms with E-state index in [1.165, 1.54) is 25.7 Å². The molecule has 1 aliphatic carbocycles. The van der Waals surface area contributed by atoms with E-state index in [0.29, 0.717) is 18.6 Å². The number of likely N-dealkylation sites (tertiary alicyclic amines) is 1. The molecule has 0 radical (unpaired) electrons. The van der Waals surface area contributed by atoms with Gasteiger partial charge in [0.25, 0.3) is 0 Å². The summed E-state index contributed by atoms with van der Waals surface area (Å²) in [5.74, 6) is 1.75. The molecule has 1 saturated carbocycles. The van der Waals surface area contributed by atoms with E-state index in [9.17, 15) is 4.79 Å². The fraction of sp³-hybridized carbons (Fsp3) is 0.929. The van der Waals surface area contributed by atoms with Crippen LogP contribution in [0.3, 0.4) is 0 Å². The molecule has 2 aliphatic heterocycles. The summed E-state index contributed by atoms with van der Waals surface area (Å²) < 4.78 is 0. The summed E-state index contributed by atoms with van der Waals surface area (Å²) in [6, 6.07) is 1.01. The minimum atomic E-state index is 0.238. The van der Waals surface area contributed by atoms with Crippen LogP contribution in [0.4, 0.5) is 0 Å². The van der Waals surface area contributed by atoms with Gasteiger partial charge in [0.05, 0.1) is 6.54 Å². The summed E-state index contributed by atoms with van der Waals surface area (Å²) >= 11 is 0. The summed E-state index contributed by atoms with van der Waals surface area (Å²) in [6.07, 6.45) is 4.91. The Morgan fingerprint density at radius 2 is 2.11 bits per heavy atom. The summed E-state index contributed by atoms with van der Waals surface area (Å²) in [7, 11) is 0. The molecule has 0 spiro atoms. The Morgan fingerprint density at radius 1 is 1.33 bits per heavy atom. The van der Waals surface area contributed by atoms with Crippen LogP contribution in [-0.2, 0) is 4.79 Å². The molecule has 4 nitrogen and oxygen atoms in total. The maximum Gasteiger partial charge on any atom is 0.234 e. The van der Waals surface area contributed by atoms with E-state index in [1.54, 1.807) is 0 Å². The highest BCUT2D eigenvalue weighted by Gasteiger charge is 2.42. The Hall–Kier alpha value is -0.610. The molecule has 102 valence electrons. The highest BCUT2D eigenvalue weighted by Crippen LogP contribution is 2.31. The summed E-state index contributed by atoms with van der Waals surface area (Å²) in [6.45, 7) is 6.24. The van der Waals surface area contributed by atoms with Gasteiger partial charge in [-0.25, -0.2) is 0 Å². The molecule has 4 heteroatoms. The Morgan fingerprint density at radius 3 is 2.83 bits per heavy atom. The molecule has 2 heterocycles. The van der Waals surface area contributed by atoms with E-state index in [0.717, 1.165) is 31.5 Å². The van der Waals surface area contributed by atoms with Crippen molar-refractivity contribution in [1.29, 1.82) is 0 Å². The maximum atomic E-state index is 12.1. The normalized spacial score (nSPS) is 37.1. The quantitative estimate of drug-likeness (QED) is 0.771. The Labute approximate surface area is 109 Å². The minimum absolute atomic E-state index is 0.238. The van der Waals surface area contributed by atoms with Gasteiger partial charge in [0, 0.05) is 18.6 Å². The molecule has 2 N–H and O–H groups in total. The number of amides is 1. The fourth-order valence-corrected chi connectivity index (χ4v) is 3.99. The largest absolute Gasteiger partial charge is 0.352 e. The first kappa shape index (κ1) is 12.4. The van der Waals surface area contributed by atoms with Crippen LogP contribution in [0, 0.1) is 11.8 Å². The van der Waals surface area contributed by atoms with Crippen molar-refractivity contribution in [3.05, 3.63) is 0 Å². The van der Waals surface area contributed by atoms with Crippen molar-refractivity contribution in [2.45, 2.75) is 44.7 Å². The Balaban J connectivity index is 1.49. The van der Waals surface area contributed by atoms with E-state index in [-0.39, 0.29) is 5.91 Å². The van der Waals surface area contributed by atoms with Crippen molar-refractivity contribution < 1.29 is 4.79 Å². The van der Waals surface area contributed by atoms with Crippen LogP contribution in [-0.4, -0.2) is 49.1 Å². The van der Waals surface area contributed by atoms with Gasteiger partial charge in [-0.2, -0.15) is 0 Å². The van der Waals surface area contributed by atoms with Crippen molar-refractivity contribution in [2.24, 2.45) is 11.8 Å². The second-order valence-corrected chi connectivity index (χ2v) is 6.30. The van der Waals surface area contributed by atoms with Gasteiger partial charge in [-0.3, -0.25) is 9.69 Å². The van der Waals surface area contributed by atoms with Gasteiger partial charge in [0.15, 0.2) is 0 Å². The zero-order chi connectivity index (χ0) is 12.5. The van der Waals surface area contributed by atoms with E-state index >= 15 is 0 Å². The molecule has 3 fully saturated rings. The summed E-state index contributed by atoms with van der Waals surface area (Å²) in [5.41, 5.74) is 0. The Bertz CT molecular complexity index is 314. The van der Waals surface area contributed by atoms with Gasteiger partial charge in [0.1, 0.15) is 0 Å². The van der Waals surface area contributed by atoms with E-state index in [2.05, 4.69) is 22.5 Å². The third-order valence-electron chi connectivity index (χ3n) is 5.12. The van der Waals surface area contributed by atoms with Gasteiger partial charge in [-0.15, -0.1) is 0 Å². The third kappa shape index (κ3) is 2.41. The standard InChI is InChI=1S/C14H25N3O/c1-10-13-7-15-6-11(13)8-17(10)9-14(18)16-12-4-2-3-5-12/h10-13,15H,2-9H2,1H3,(H,16,18). The van der Waals surface area contributed by atoms with Crippen molar-refractivity contribution >= 4 is 5.91 Å². The first-order chi connectivity index (χ1) is 8.74. The predicted octanol–water partition coefficient (Wildman–Crippen LogP) is 0.585. The zero-order valence-electron chi connectivity index (χ0n) is 11.3. The lowest BCUT2D eigenvalue weighted by Gasteiger charge is -2.24. The number of carbonyl (C=O) groups is 1. The van der Waals surface area contributed by atoms with Gasteiger partial charge in [0.2, 0.25) is 5.91 Å². The van der Waals surface area contributed by atoms with Gasteiger partial charge >= 0.3 is 0 Å². The van der Waals surface area contributed by atoms with Crippen LogP contribution in [0.5, 0.6) is 0 Å². The number of hydrogen-bond donors (Lipinski definition) is 2. The number of hydrogen-bond acceptors (Lipinski definition) is 3. The topological polar surface area (TPSA) is 44.4 Å².